The minimum atomic E-state index is -0.199. The van der Waals surface area contributed by atoms with Crippen LogP contribution in [0.4, 0.5) is 0 Å². The Morgan fingerprint density at radius 2 is 1.79 bits per heavy atom. The van der Waals surface area contributed by atoms with Gasteiger partial charge in [-0.2, -0.15) is 0 Å². The average molecular weight is 400 g/mol. The maximum Gasteiger partial charge on any atom is 0.306 e. The van der Waals surface area contributed by atoms with Crippen LogP contribution < -0.4 is 0 Å². The predicted molar refractivity (Wildman–Crippen MR) is 91.7 cm³/mol. The molecular weight excluding hydrogens is 374 g/mol. The van der Waals surface area contributed by atoms with Crippen LogP contribution in [-0.2, 0) is 19.1 Å². The number of carbonyl (C=O) groups excluding carboxylic acids is 2. The number of morpholine rings is 1. The van der Waals surface area contributed by atoms with Gasteiger partial charge in [0.05, 0.1) is 19.6 Å². The van der Waals surface area contributed by atoms with Crippen molar-refractivity contribution in [2.75, 3.05) is 32.9 Å². The molecule has 0 aromatic heterocycles. The van der Waals surface area contributed by atoms with E-state index in [1.54, 1.807) is 4.90 Å². The maximum atomic E-state index is 12.4. The number of hydrogen-bond acceptors (Lipinski definition) is 4. The highest BCUT2D eigenvalue weighted by molar-refractivity contribution is 9.10. The number of ether oxygens (including phenoxy) is 2. The van der Waals surface area contributed by atoms with E-state index in [0.717, 1.165) is 31.1 Å². The fourth-order valence-electron chi connectivity index (χ4n) is 5.95. The summed E-state index contributed by atoms with van der Waals surface area (Å²) >= 11 is 3.97. The monoisotopic (exact) mass is 399 g/mol. The highest BCUT2D eigenvalue weighted by atomic mass is 79.9. The van der Waals surface area contributed by atoms with Crippen LogP contribution in [0.3, 0.4) is 0 Å². The molecule has 0 aromatic rings. The lowest BCUT2D eigenvalue weighted by molar-refractivity contribution is -0.158. The van der Waals surface area contributed by atoms with Crippen LogP contribution in [0.2, 0.25) is 0 Å². The second kappa shape index (κ2) is 6.27. The topological polar surface area (TPSA) is 55.8 Å². The zero-order chi connectivity index (χ0) is 16.8. The molecule has 24 heavy (non-hydrogen) atoms. The van der Waals surface area contributed by atoms with E-state index in [0.29, 0.717) is 32.7 Å². The minimum absolute atomic E-state index is 0.103. The summed E-state index contributed by atoms with van der Waals surface area (Å²) in [4.78, 5) is 26.2. The quantitative estimate of drug-likeness (QED) is 0.538. The molecule has 4 saturated carbocycles. The zero-order valence-corrected chi connectivity index (χ0v) is 15.7. The van der Waals surface area contributed by atoms with Crippen molar-refractivity contribution >= 4 is 27.8 Å². The summed E-state index contributed by atoms with van der Waals surface area (Å²) in [6, 6.07) is 0. The van der Waals surface area contributed by atoms with E-state index in [2.05, 4.69) is 15.9 Å². The second-order valence-corrected chi connectivity index (χ2v) is 10.1. The molecule has 0 aromatic carbocycles. The van der Waals surface area contributed by atoms with Crippen LogP contribution in [-0.4, -0.2) is 54.0 Å². The molecule has 0 N–H and O–H groups in total. The number of alkyl halides is 1. The van der Waals surface area contributed by atoms with E-state index in [1.807, 2.05) is 0 Å². The lowest BCUT2D eigenvalue weighted by Gasteiger charge is -2.60. The Kier molecular flexibility index (Phi) is 4.40. The summed E-state index contributed by atoms with van der Waals surface area (Å²) in [5.74, 6) is 1.21. The Morgan fingerprint density at radius 1 is 1.12 bits per heavy atom. The smallest absolute Gasteiger partial charge is 0.306 e. The molecule has 0 radical (unpaired) electrons. The number of amides is 1. The van der Waals surface area contributed by atoms with Crippen LogP contribution in [0, 0.1) is 17.3 Å². The molecule has 1 saturated heterocycles. The van der Waals surface area contributed by atoms with Gasteiger partial charge < -0.3 is 14.4 Å². The molecule has 2 unspecified atom stereocenters. The fraction of sp³-hybridized carbons (Fsp3) is 0.889. The Hall–Kier alpha value is -0.620. The first kappa shape index (κ1) is 16.8. The molecule has 5 aliphatic rings. The van der Waals surface area contributed by atoms with Crippen LogP contribution in [0.1, 0.15) is 44.9 Å². The molecule has 1 aliphatic heterocycles. The Bertz CT molecular complexity index is 517. The van der Waals surface area contributed by atoms with Gasteiger partial charge in [-0.1, -0.05) is 15.9 Å². The molecule has 1 amide bonds. The molecular formula is C18H26BrNO4. The van der Waals surface area contributed by atoms with Crippen molar-refractivity contribution in [3.8, 4) is 0 Å². The van der Waals surface area contributed by atoms with E-state index < -0.39 is 0 Å². The number of nitrogens with zero attached hydrogens (tertiary/aromatic N) is 1. The van der Waals surface area contributed by atoms with Crippen molar-refractivity contribution in [3.63, 3.8) is 0 Å². The number of rotatable bonds is 4. The molecule has 5 rings (SSSR count). The van der Waals surface area contributed by atoms with Crippen LogP contribution >= 0.6 is 15.9 Å². The van der Waals surface area contributed by atoms with Crippen molar-refractivity contribution in [1.29, 1.82) is 0 Å². The molecule has 4 atom stereocenters. The van der Waals surface area contributed by atoms with Gasteiger partial charge in [0.1, 0.15) is 0 Å². The van der Waals surface area contributed by atoms with Gasteiger partial charge >= 0.3 is 5.97 Å². The van der Waals surface area contributed by atoms with E-state index in [4.69, 9.17) is 9.47 Å². The Balaban J connectivity index is 1.31. The standard InChI is InChI=1S/C18H26BrNO4/c19-18-8-13-5-14(9-18)7-17(6-13,12-18)10-16(22)24-11-15(21)20-1-3-23-4-2-20/h13-14H,1-12H2/t13-,14+,17?,18?. The first-order valence-electron chi connectivity index (χ1n) is 9.15. The fourth-order valence-corrected chi connectivity index (χ4v) is 7.46. The van der Waals surface area contributed by atoms with Gasteiger partial charge in [0.2, 0.25) is 0 Å². The summed E-state index contributed by atoms with van der Waals surface area (Å²) in [6.07, 6.45) is 7.72. The number of hydrogen-bond donors (Lipinski definition) is 0. The summed E-state index contributed by atoms with van der Waals surface area (Å²) in [6.45, 7) is 2.20. The normalized spacial score (nSPS) is 40.6. The van der Waals surface area contributed by atoms with Gasteiger partial charge in [0.25, 0.3) is 5.91 Å². The van der Waals surface area contributed by atoms with E-state index in [9.17, 15) is 9.59 Å². The van der Waals surface area contributed by atoms with Crippen LogP contribution in [0.5, 0.6) is 0 Å². The molecule has 4 aliphatic carbocycles. The number of halogens is 1. The summed E-state index contributed by atoms with van der Waals surface area (Å²) in [5.41, 5.74) is 0.104. The van der Waals surface area contributed by atoms with Gasteiger partial charge in [0.15, 0.2) is 6.61 Å². The minimum Gasteiger partial charge on any atom is -0.456 e. The summed E-state index contributed by atoms with van der Waals surface area (Å²) in [7, 11) is 0. The molecule has 6 heteroatoms. The van der Waals surface area contributed by atoms with Crippen LogP contribution in [0.25, 0.3) is 0 Å². The maximum absolute atomic E-state index is 12.4. The van der Waals surface area contributed by atoms with Crippen LogP contribution in [0.15, 0.2) is 0 Å². The molecule has 4 bridgehead atoms. The molecule has 5 fully saturated rings. The van der Waals surface area contributed by atoms with Gasteiger partial charge in [-0.25, -0.2) is 0 Å². The third kappa shape index (κ3) is 3.36. The largest absolute Gasteiger partial charge is 0.456 e. The highest BCUT2D eigenvalue weighted by Crippen LogP contribution is 2.65. The first-order valence-corrected chi connectivity index (χ1v) is 9.95. The third-order valence-electron chi connectivity index (χ3n) is 6.35. The van der Waals surface area contributed by atoms with Crippen molar-refractivity contribution < 1.29 is 19.1 Å². The van der Waals surface area contributed by atoms with Crippen molar-refractivity contribution in [3.05, 3.63) is 0 Å². The Labute approximate surface area is 151 Å². The van der Waals surface area contributed by atoms with Gasteiger partial charge in [0, 0.05) is 17.4 Å². The van der Waals surface area contributed by atoms with Gasteiger partial charge in [-0.15, -0.1) is 0 Å². The first-order chi connectivity index (χ1) is 11.5. The van der Waals surface area contributed by atoms with E-state index >= 15 is 0 Å². The highest BCUT2D eigenvalue weighted by Gasteiger charge is 2.57. The SMILES string of the molecule is O=C(CC12C[C@@H]3C[C@@H](CC(Br)(C3)C1)C2)OCC(=O)N1CCOCC1. The van der Waals surface area contributed by atoms with E-state index in [-0.39, 0.29) is 28.2 Å². The zero-order valence-electron chi connectivity index (χ0n) is 14.1. The molecule has 134 valence electrons. The molecule has 0 spiro atoms. The molecule has 5 nitrogen and oxygen atoms in total. The number of carbonyl (C=O) groups is 2. The lowest BCUT2D eigenvalue weighted by atomic mass is 9.49. The summed E-state index contributed by atoms with van der Waals surface area (Å²) < 4.78 is 10.8. The summed E-state index contributed by atoms with van der Waals surface area (Å²) in [5, 5.41) is 0. The Morgan fingerprint density at radius 3 is 2.42 bits per heavy atom. The van der Waals surface area contributed by atoms with Gasteiger partial charge in [-0.05, 0) is 55.8 Å². The van der Waals surface area contributed by atoms with Crippen molar-refractivity contribution in [1.82, 2.24) is 4.90 Å². The number of esters is 1. The second-order valence-electron chi connectivity index (χ2n) is 8.44. The van der Waals surface area contributed by atoms with E-state index in [1.165, 1.54) is 19.3 Å². The lowest BCUT2D eigenvalue weighted by Crippen LogP contribution is -2.53. The molecule has 1 heterocycles. The predicted octanol–water partition coefficient (Wildman–Crippen LogP) is 2.51. The average Bonchev–Trinajstić information content (AvgIpc) is 2.50. The third-order valence-corrected chi connectivity index (χ3v) is 7.28. The van der Waals surface area contributed by atoms with Crippen molar-refractivity contribution in [2.24, 2.45) is 17.3 Å². The van der Waals surface area contributed by atoms with Crippen molar-refractivity contribution in [2.45, 2.75) is 49.3 Å². The van der Waals surface area contributed by atoms with Gasteiger partial charge in [-0.3, -0.25) is 9.59 Å².